The maximum absolute atomic E-state index is 10.4. The molecule has 1 atom stereocenters. The van der Waals surface area contributed by atoms with Crippen LogP contribution in [0.4, 0.5) is 0 Å². The molecule has 2 rings (SSSR count). The van der Waals surface area contributed by atoms with Crippen molar-refractivity contribution in [3.63, 3.8) is 0 Å². The summed E-state index contributed by atoms with van der Waals surface area (Å²) in [5, 5.41) is 10.4. The molecule has 0 aliphatic heterocycles. The Hall–Kier alpha value is -1.80. The van der Waals surface area contributed by atoms with E-state index in [1.807, 2.05) is 48.5 Å². The normalized spacial score (nSPS) is 13.9. The molecule has 0 spiro atoms. The molecule has 19 heavy (non-hydrogen) atoms. The van der Waals surface area contributed by atoms with Gasteiger partial charge in [-0.15, -0.1) is 0 Å². The Morgan fingerprint density at radius 1 is 1.00 bits per heavy atom. The maximum Gasteiger partial charge on any atom is 0.121 e. The van der Waals surface area contributed by atoms with E-state index in [0.717, 1.165) is 11.3 Å². The van der Waals surface area contributed by atoms with E-state index < -0.39 is 5.60 Å². The summed E-state index contributed by atoms with van der Waals surface area (Å²) in [6.45, 7) is 6.12. The molecule has 0 aromatic heterocycles. The SMILES string of the molecule is Cc1ccc(OCC(C)(O)c2ccccc2)cc1C. The molecular weight excluding hydrogens is 236 g/mol. The van der Waals surface area contributed by atoms with Crippen LogP contribution in [-0.4, -0.2) is 11.7 Å². The summed E-state index contributed by atoms with van der Waals surface area (Å²) in [6, 6.07) is 15.5. The quantitative estimate of drug-likeness (QED) is 0.905. The lowest BCUT2D eigenvalue weighted by molar-refractivity contribution is 0.00758. The van der Waals surface area contributed by atoms with Crippen LogP contribution < -0.4 is 4.74 Å². The van der Waals surface area contributed by atoms with Crippen LogP contribution in [0.5, 0.6) is 5.75 Å². The van der Waals surface area contributed by atoms with Gasteiger partial charge in [0.15, 0.2) is 0 Å². The van der Waals surface area contributed by atoms with Gasteiger partial charge in [-0.25, -0.2) is 0 Å². The van der Waals surface area contributed by atoms with Crippen molar-refractivity contribution in [3.05, 3.63) is 65.2 Å². The Labute approximate surface area is 114 Å². The standard InChI is InChI=1S/C17H20O2/c1-13-9-10-16(11-14(13)2)19-12-17(3,18)15-7-5-4-6-8-15/h4-11,18H,12H2,1-3H3. The fourth-order valence-electron chi connectivity index (χ4n) is 1.91. The molecule has 0 saturated heterocycles. The molecular formula is C17H20O2. The van der Waals surface area contributed by atoms with Gasteiger partial charge >= 0.3 is 0 Å². The van der Waals surface area contributed by atoms with Gasteiger partial charge in [-0.1, -0.05) is 36.4 Å². The number of rotatable bonds is 4. The highest BCUT2D eigenvalue weighted by Crippen LogP contribution is 2.23. The van der Waals surface area contributed by atoms with Gasteiger partial charge in [0.05, 0.1) is 0 Å². The van der Waals surface area contributed by atoms with E-state index in [1.165, 1.54) is 11.1 Å². The Balaban J connectivity index is 2.07. The number of benzene rings is 2. The van der Waals surface area contributed by atoms with Crippen molar-refractivity contribution in [2.45, 2.75) is 26.4 Å². The van der Waals surface area contributed by atoms with E-state index >= 15 is 0 Å². The molecule has 0 saturated carbocycles. The average molecular weight is 256 g/mol. The zero-order valence-electron chi connectivity index (χ0n) is 11.7. The smallest absolute Gasteiger partial charge is 0.121 e. The maximum atomic E-state index is 10.4. The van der Waals surface area contributed by atoms with E-state index in [1.54, 1.807) is 6.92 Å². The van der Waals surface area contributed by atoms with Crippen molar-refractivity contribution in [2.75, 3.05) is 6.61 Å². The number of aryl methyl sites for hydroxylation is 2. The summed E-state index contributed by atoms with van der Waals surface area (Å²) < 4.78 is 5.71. The lowest BCUT2D eigenvalue weighted by Crippen LogP contribution is -2.29. The molecule has 0 fully saturated rings. The fraction of sp³-hybridized carbons (Fsp3) is 0.294. The highest BCUT2D eigenvalue weighted by Gasteiger charge is 2.23. The van der Waals surface area contributed by atoms with Crippen LogP contribution in [0.3, 0.4) is 0 Å². The van der Waals surface area contributed by atoms with Crippen molar-refractivity contribution in [3.8, 4) is 5.75 Å². The van der Waals surface area contributed by atoms with Gasteiger partial charge in [0.25, 0.3) is 0 Å². The topological polar surface area (TPSA) is 29.5 Å². The first-order chi connectivity index (χ1) is 8.99. The molecule has 2 aromatic rings. The molecule has 0 heterocycles. The molecule has 0 aliphatic rings. The van der Waals surface area contributed by atoms with Crippen LogP contribution >= 0.6 is 0 Å². The summed E-state index contributed by atoms with van der Waals surface area (Å²) >= 11 is 0. The lowest BCUT2D eigenvalue weighted by atomic mass is 9.97. The molecule has 2 nitrogen and oxygen atoms in total. The van der Waals surface area contributed by atoms with Crippen molar-refractivity contribution < 1.29 is 9.84 Å². The van der Waals surface area contributed by atoms with Gasteiger partial charge in [0, 0.05) is 0 Å². The summed E-state index contributed by atoms with van der Waals surface area (Å²) in [7, 11) is 0. The Morgan fingerprint density at radius 2 is 1.68 bits per heavy atom. The fourth-order valence-corrected chi connectivity index (χ4v) is 1.91. The molecule has 2 aromatic carbocycles. The van der Waals surface area contributed by atoms with Crippen LogP contribution in [-0.2, 0) is 5.60 Å². The predicted octanol–water partition coefficient (Wildman–Crippen LogP) is 3.59. The molecule has 1 N–H and O–H groups in total. The second kappa shape index (κ2) is 5.45. The van der Waals surface area contributed by atoms with Gasteiger partial charge in [0.1, 0.15) is 18.0 Å². The third-order valence-electron chi connectivity index (χ3n) is 3.39. The molecule has 0 bridgehead atoms. The van der Waals surface area contributed by atoms with E-state index in [-0.39, 0.29) is 6.61 Å². The first-order valence-corrected chi connectivity index (χ1v) is 6.47. The minimum atomic E-state index is -0.986. The van der Waals surface area contributed by atoms with Crippen LogP contribution in [0.2, 0.25) is 0 Å². The second-order valence-electron chi connectivity index (χ2n) is 5.17. The molecule has 0 aliphatic carbocycles. The number of ether oxygens (including phenoxy) is 1. The van der Waals surface area contributed by atoms with Crippen LogP contribution in [0.1, 0.15) is 23.6 Å². The summed E-state index contributed by atoms with van der Waals surface area (Å²) in [4.78, 5) is 0. The van der Waals surface area contributed by atoms with Crippen LogP contribution in [0, 0.1) is 13.8 Å². The molecule has 0 radical (unpaired) electrons. The van der Waals surface area contributed by atoms with Crippen molar-refractivity contribution >= 4 is 0 Å². The van der Waals surface area contributed by atoms with Crippen molar-refractivity contribution in [2.24, 2.45) is 0 Å². The molecule has 0 amide bonds. The average Bonchev–Trinajstić information content (AvgIpc) is 2.41. The van der Waals surface area contributed by atoms with Crippen LogP contribution in [0.15, 0.2) is 48.5 Å². The summed E-state index contributed by atoms with van der Waals surface area (Å²) in [5.41, 5.74) is 2.30. The van der Waals surface area contributed by atoms with Gasteiger partial charge in [0.2, 0.25) is 0 Å². The zero-order chi connectivity index (χ0) is 13.9. The zero-order valence-corrected chi connectivity index (χ0v) is 11.7. The van der Waals surface area contributed by atoms with E-state index in [0.29, 0.717) is 0 Å². The third-order valence-corrected chi connectivity index (χ3v) is 3.39. The Bertz CT molecular complexity index is 544. The van der Waals surface area contributed by atoms with Gasteiger partial charge in [-0.3, -0.25) is 0 Å². The van der Waals surface area contributed by atoms with Gasteiger partial charge < -0.3 is 9.84 Å². The monoisotopic (exact) mass is 256 g/mol. The van der Waals surface area contributed by atoms with E-state index in [9.17, 15) is 5.11 Å². The number of hydrogen-bond acceptors (Lipinski definition) is 2. The first-order valence-electron chi connectivity index (χ1n) is 6.47. The van der Waals surface area contributed by atoms with Crippen molar-refractivity contribution in [1.29, 1.82) is 0 Å². The predicted molar refractivity (Wildman–Crippen MR) is 77.4 cm³/mol. The summed E-state index contributed by atoms with van der Waals surface area (Å²) in [6.07, 6.45) is 0. The van der Waals surface area contributed by atoms with E-state index in [4.69, 9.17) is 4.74 Å². The number of hydrogen-bond donors (Lipinski definition) is 1. The Kier molecular flexibility index (Phi) is 3.91. The van der Waals surface area contributed by atoms with Gasteiger partial charge in [-0.05, 0) is 49.6 Å². The molecule has 100 valence electrons. The highest BCUT2D eigenvalue weighted by atomic mass is 16.5. The third kappa shape index (κ3) is 3.36. The van der Waals surface area contributed by atoms with Crippen molar-refractivity contribution in [1.82, 2.24) is 0 Å². The number of aliphatic hydroxyl groups is 1. The minimum absolute atomic E-state index is 0.236. The lowest BCUT2D eigenvalue weighted by Gasteiger charge is -2.24. The molecule has 1 unspecified atom stereocenters. The minimum Gasteiger partial charge on any atom is -0.490 e. The molecule has 2 heteroatoms. The van der Waals surface area contributed by atoms with E-state index in [2.05, 4.69) is 13.8 Å². The van der Waals surface area contributed by atoms with Crippen LogP contribution in [0.25, 0.3) is 0 Å². The largest absolute Gasteiger partial charge is 0.490 e. The van der Waals surface area contributed by atoms with Gasteiger partial charge in [-0.2, -0.15) is 0 Å². The first kappa shape index (κ1) is 13.6. The Morgan fingerprint density at radius 3 is 2.32 bits per heavy atom. The summed E-state index contributed by atoms with van der Waals surface area (Å²) in [5.74, 6) is 0.791. The second-order valence-corrected chi connectivity index (χ2v) is 5.17. The highest BCUT2D eigenvalue weighted by molar-refractivity contribution is 5.34.